The highest BCUT2D eigenvalue weighted by atomic mass is 32.1. The van der Waals surface area contributed by atoms with Gasteiger partial charge in [0.15, 0.2) is 11.5 Å². The van der Waals surface area contributed by atoms with E-state index < -0.39 is 11.4 Å². The quantitative estimate of drug-likeness (QED) is 0.0520. The van der Waals surface area contributed by atoms with Crippen molar-refractivity contribution in [3.05, 3.63) is 147 Å². The van der Waals surface area contributed by atoms with Gasteiger partial charge in [-0.05, 0) is 92.1 Å². The number of hydrogen-bond donors (Lipinski definition) is 1. The number of hydrogen-bond acceptors (Lipinski definition) is 7. The molecule has 61 heavy (non-hydrogen) atoms. The van der Waals surface area contributed by atoms with E-state index in [4.69, 9.17) is 6.57 Å². The maximum absolute atomic E-state index is 14.0. The van der Waals surface area contributed by atoms with Crippen LogP contribution in [0.25, 0.3) is 40.9 Å². The van der Waals surface area contributed by atoms with E-state index in [1.54, 1.807) is 22.7 Å². The Morgan fingerprint density at radius 2 is 1.49 bits per heavy atom. The van der Waals surface area contributed by atoms with Crippen molar-refractivity contribution in [3.63, 3.8) is 0 Å². The minimum atomic E-state index is -1.23. The molecule has 1 N–H and O–H groups in total. The number of rotatable bonds is 14. The number of fused-ring (bicyclic) bond motifs is 2. The van der Waals surface area contributed by atoms with Gasteiger partial charge < -0.3 is 15.1 Å². The Hall–Kier alpha value is -5.60. The minimum absolute atomic E-state index is 0.182. The van der Waals surface area contributed by atoms with Crippen LogP contribution in [0.5, 0.6) is 0 Å². The average molecular weight is 864 g/mol. The summed E-state index contributed by atoms with van der Waals surface area (Å²) in [6.45, 7) is 21.9. The first-order valence-corrected chi connectivity index (χ1v) is 23.4. The molecule has 2 aliphatic heterocycles. The van der Waals surface area contributed by atoms with Gasteiger partial charge in [0.05, 0.1) is 12.0 Å². The van der Waals surface area contributed by atoms with E-state index in [9.17, 15) is 19.8 Å². The maximum atomic E-state index is 14.0. The maximum Gasteiger partial charge on any atom is 0.333 e. The van der Waals surface area contributed by atoms with Crippen molar-refractivity contribution >= 4 is 68.9 Å². The number of carboxylic acid groups (broad SMARTS) is 1. The van der Waals surface area contributed by atoms with E-state index in [2.05, 4.69) is 117 Å². The van der Waals surface area contributed by atoms with E-state index in [1.165, 1.54) is 28.5 Å². The van der Waals surface area contributed by atoms with E-state index in [0.29, 0.717) is 0 Å². The fourth-order valence-electron chi connectivity index (χ4n) is 8.83. The number of ketones is 1. The summed E-state index contributed by atoms with van der Waals surface area (Å²) >= 11 is 4.90. The van der Waals surface area contributed by atoms with Gasteiger partial charge in [-0.2, -0.15) is 4.58 Å². The average Bonchev–Trinajstić information content (AvgIpc) is 4.09. The second-order valence-corrected chi connectivity index (χ2v) is 20.2. The molecule has 5 aromatic rings. The molecule has 7 nitrogen and oxygen atoms in total. The third-order valence-corrected chi connectivity index (χ3v) is 15.8. The van der Waals surface area contributed by atoms with Crippen LogP contribution in [0.4, 0.5) is 11.4 Å². The van der Waals surface area contributed by atoms with Gasteiger partial charge >= 0.3 is 5.97 Å². The Labute approximate surface area is 370 Å². The van der Waals surface area contributed by atoms with Gasteiger partial charge in [-0.15, -0.1) is 34.0 Å². The lowest BCUT2D eigenvalue weighted by Gasteiger charge is -2.33. The summed E-state index contributed by atoms with van der Waals surface area (Å²) in [7, 11) is 0. The van der Waals surface area contributed by atoms with Crippen LogP contribution in [-0.2, 0) is 20.4 Å². The molecule has 0 fully saturated rings. The predicted molar refractivity (Wildman–Crippen MR) is 251 cm³/mol. The number of aliphatic carboxylic acids is 1. The molecule has 0 atom stereocenters. The molecule has 0 spiro atoms. The van der Waals surface area contributed by atoms with Crippen molar-refractivity contribution in [2.24, 2.45) is 0 Å². The smallest absolute Gasteiger partial charge is 0.333 e. The number of unbranched alkanes of at least 4 members (excludes halogenated alkanes) is 3. The number of allylic oxidation sites excluding steroid dienone is 5. The van der Waals surface area contributed by atoms with Crippen LogP contribution < -0.4 is 10.0 Å². The highest BCUT2D eigenvalue weighted by molar-refractivity contribution is 7.27. The van der Waals surface area contributed by atoms with Gasteiger partial charge in [-0.1, -0.05) is 77.0 Å². The van der Waals surface area contributed by atoms with Gasteiger partial charge in [-0.25, -0.2) is 4.85 Å². The lowest BCUT2D eigenvalue weighted by Crippen LogP contribution is -2.35. The third kappa shape index (κ3) is 7.58. The molecule has 0 unspecified atom stereocenters. The van der Waals surface area contributed by atoms with Crippen molar-refractivity contribution in [2.45, 2.75) is 84.5 Å². The number of thiophene rings is 3. The van der Waals surface area contributed by atoms with Gasteiger partial charge in [-0.3, -0.25) is 9.59 Å². The zero-order valence-electron chi connectivity index (χ0n) is 35.4. The zero-order chi connectivity index (χ0) is 43.2. The Morgan fingerprint density at radius 3 is 2.16 bits per heavy atom. The van der Waals surface area contributed by atoms with Crippen molar-refractivity contribution in [1.29, 1.82) is 0 Å². The lowest BCUT2D eigenvalue weighted by atomic mass is 9.77. The van der Waals surface area contributed by atoms with E-state index in [1.807, 2.05) is 30.4 Å². The molecule has 0 saturated heterocycles. The Bertz CT molecular complexity index is 2790. The zero-order valence-corrected chi connectivity index (χ0v) is 37.9. The fourth-order valence-corrected chi connectivity index (χ4v) is 12.0. The molecule has 1 aliphatic carbocycles. The molecule has 310 valence electrons. The number of carbonyl (C=O) groups excluding carboxylic acids is 1. The number of Topliss-reactive ketones (excluding diaryl/α,β-unsaturated/α-hetero) is 1. The second-order valence-electron chi connectivity index (χ2n) is 16.9. The molecule has 0 saturated carbocycles. The van der Waals surface area contributed by atoms with Gasteiger partial charge in [0, 0.05) is 87.9 Å². The molecule has 3 aliphatic rings. The Kier molecular flexibility index (Phi) is 11.5. The van der Waals surface area contributed by atoms with Crippen molar-refractivity contribution in [3.8, 4) is 29.9 Å². The molecule has 5 heterocycles. The molecule has 0 amide bonds. The summed E-state index contributed by atoms with van der Waals surface area (Å²) in [4.78, 5) is 37.2. The number of para-hydroxylation sites is 1. The first-order valence-electron chi connectivity index (χ1n) is 21.0. The predicted octanol–water partition coefficient (Wildman–Crippen LogP) is 12.4. The summed E-state index contributed by atoms with van der Waals surface area (Å²) < 4.78 is 2.28. The largest absolute Gasteiger partial charge is 0.871 e. The van der Waals surface area contributed by atoms with Gasteiger partial charge in [0.25, 0.3) is 5.70 Å². The van der Waals surface area contributed by atoms with Crippen LogP contribution >= 0.6 is 34.0 Å². The molecule has 10 heteroatoms. The Balaban J connectivity index is 1.09. The monoisotopic (exact) mass is 863 g/mol. The summed E-state index contributed by atoms with van der Waals surface area (Å²) in [5, 5.41) is 23.3. The number of benzene rings is 2. The molecule has 0 radical (unpaired) electrons. The van der Waals surface area contributed by atoms with Crippen LogP contribution in [0.15, 0.2) is 119 Å². The lowest BCUT2D eigenvalue weighted by molar-refractivity contribution is -0.437. The van der Waals surface area contributed by atoms with E-state index in [-0.39, 0.29) is 33.8 Å². The van der Waals surface area contributed by atoms with Gasteiger partial charge in [0.2, 0.25) is 5.69 Å². The summed E-state index contributed by atoms with van der Waals surface area (Å²) in [6.07, 6.45) is 10.5. The van der Waals surface area contributed by atoms with E-state index >= 15 is 0 Å². The summed E-state index contributed by atoms with van der Waals surface area (Å²) in [5.41, 5.74) is 7.20. The van der Waals surface area contributed by atoms with Crippen LogP contribution in [0, 0.1) is 6.57 Å². The fraction of sp³-hybridized carbons (Fsp3) is 0.294. The number of carbonyl (C=O) groups is 2. The van der Waals surface area contributed by atoms with Crippen molar-refractivity contribution in [2.75, 3.05) is 18.0 Å². The van der Waals surface area contributed by atoms with Crippen molar-refractivity contribution in [1.82, 2.24) is 0 Å². The second kappa shape index (κ2) is 16.7. The number of carboxylic acids is 1. The summed E-state index contributed by atoms with van der Waals surface area (Å²) in [5.74, 6) is -1.59. The van der Waals surface area contributed by atoms with Crippen LogP contribution in [0.3, 0.4) is 0 Å². The molecule has 3 aromatic heterocycles. The first-order chi connectivity index (χ1) is 29.3. The SMILES string of the molecule is [C-]#[N+]/C(=C\c1ccc(-c2ccc(-c3ccc(-c4ccc5c(c4)C(C)(C)C(=CC4=C([O-])C(=CC6=[N+](CCC)c7ccccc7C6(C)C)C4=O)N5CCCCCC)s3)s2)s1)C(=O)O. The normalized spacial score (nSPS) is 18.0. The first kappa shape index (κ1) is 42.1. The van der Waals surface area contributed by atoms with Crippen LogP contribution in [0.1, 0.15) is 89.7 Å². The topological polar surface area (TPSA) is 88.0 Å². The molecular weight excluding hydrogens is 815 g/mol. The summed E-state index contributed by atoms with van der Waals surface area (Å²) in [6, 6.07) is 27.5. The third-order valence-electron chi connectivity index (χ3n) is 12.1. The highest BCUT2D eigenvalue weighted by Gasteiger charge is 2.46. The number of nitrogens with zero attached hydrogens (tertiary/aromatic N) is 3. The Morgan fingerprint density at radius 1 is 0.820 bits per heavy atom. The molecule has 2 aromatic carbocycles. The van der Waals surface area contributed by atoms with Crippen LogP contribution in [0.2, 0.25) is 0 Å². The van der Waals surface area contributed by atoms with Gasteiger partial charge in [0.1, 0.15) is 6.54 Å². The molecule has 0 bridgehead atoms. The highest BCUT2D eigenvalue weighted by Crippen LogP contribution is 2.51. The number of anilines is 1. The molecule has 8 rings (SSSR count). The minimum Gasteiger partial charge on any atom is -0.871 e. The molecular formula is C51H49N3O4S3. The van der Waals surface area contributed by atoms with Crippen molar-refractivity contribution < 1.29 is 24.4 Å². The van der Waals surface area contributed by atoms with Crippen LogP contribution in [-0.4, -0.2) is 40.2 Å². The standard InChI is InChI=1S/C51H49N3O4S3/c1-8-10-11-14-26-54-39-19-17-31(40-21-22-43(60-40)44-24-23-42(61-44)41-20-18-32(59-41)28-37(52-7)49(57)58)27-36(39)51(5,6)46(54)30-34-47(55)33(48(34)56)29-45-50(3,4)35-15-12-13-16-38(35)53(45)25-9-2/h12-13,15-24,27-30H,8-11,14,25-26H2,1-6H3,(H-,55,56,57,58)/b37-28-. The van der Waals surface area contributed by atoms with E-state index in [0.717, 1.165) is 103 Å².